The molecule has 0 saturated heterocycles. The maximum absolute atomic E-state index is 12.5. The Morgan fingerprint density at radius 3 is 2.85 bits per heavy atom. The highest BCUT2D eigenvalue weighted by Crippen LogP contribution is 2.30. The van der Waals surface area contributed by atoms with Crippen molar-refractivity contribution >= 4 is 17.2 Å². The van der Waals surface area contributed by atoms with Crippen LogP contribution in [0, 0.1) is 13.8 Å². The average molecular weight is 285 g/mol. The second-order valence-corrected chi connectivity index (χ2v) is 6.53. The number of amides is 1. The summed E-state index contributed by atoms with van der Waals surface area (Å²) in [5.41, 5.74) is 4.60. The lowest BCUT2D eigenvalue weighted by atomic mass is 9.87. The van der Waals surface area contributed by atoms with Crippen LogP contribution in [0.25, 0.3) is 0 Å². The summed E-state index contributed by atoms with van der Waals surface area (Å²) in [6.45, 7) is 4.09. The molecule has 2 nitrogen and oxygen atoms in total. The number of fused-ring (bicyclic) bond motifs is 1. The van der Waals surface area contributed by atoms with E-state index in [4.69, 9.17) is 0 Å². The topological polar surface area (TPSA) is 29.1 Å². The first-order chi connectivity index (χ1) is 9.66. The zero-order valence-electron chi connectivity index (χ0n) is 11.9. The Kier molecular flexibility index (Phi) is 3.62. The summed E-state index contributed by atoms with van der Waals surface area (Å²) < 4.78 is 0. The number of nitrogens with one attached hydrogen (secondary N) is 1. The second kappa shape index (κ2) is 5.41. The maximum Gasteiger partial charge on any atom is 0.252 e. The van der Waals surface area contributed by atoms with Gasteiger partial charge < -0.3 is 5.32 Å². The standard InChI is InChI=1S/C17H19NOS/c1-11-12(2)20-10-15(11)17(19)18-16-9-5-7-13-6-3-4-8-14(13)16/h3-4,6,8,10,16H,5,7,9H2,1-2H3,(H,18,19)/t16-/m1/s1. The first-order valence-electron chi connectivity index (χ1n) is 7.10. The normalized spacial score (nSPS) is 17.6. The molecule has 20 heavy (non-hydrogen) atoms. The Labute approximate surface area is 123 Å². The zero-order chi connectivity index (χ0) is 14.1. The van der Waals surface area contributed by atoms with Crippen LogP contribution in [0.2, 0.25) is 0 Å². The van der Waals surface area contributed by atoms with Crippen molar-refractivity contribution in [3.8, 4) is 0 Å². The number of carbonyl (C=O) groups is 1. The zero-order valence-corrected chi connectivity index (χ0v) is 12.7. The Morgan fingerprint density at radius 2 is 2.10 bits per heavy atom. The van der Waals surface area contributed by atoms with Gasteiger partial charge in [0.15, 0.2) is 0 Å². The number of benzene rings is 1. The minimum atomic E-state index is 0.0635. The average Bonchev–Trinajstić information content (AvgIpc) is 2.79. The van der Waals surface area contributed by atoms with Gasteiger partial charge in [0.2, 0.25) is 0 Å². The van der Waals surface area contributed by atoms with E-state index in [1.807, 2.05) is 12.3 Å². The summed E-state index contributed by atoms with van der Waals surface area (Å²) in [7, 11) is 0. The molecule has 0 spiro atoms. The van der Waals surface area contributed by atoms with Crippen molar-refractivity contribution in [2.75, 3.05) is 0 Å². The van der Waals surface area contributed by atoms with Crippen LogP contribution in [-0.4, -0.2) is 5.91 Å². The summed E-state index contributed by atoms with van der Waals surface area (Å²) in [5.74, 6) is 0.0635. The van der Waals surface area contributed by atoms with E-state index < -0.39 is 0 Å². The summed E-state index contributed by atoms with van der Waals surface area (Å²) in [4.78, 5) is 13.7. The molecule has 1 aromatic heterocycles. The van der Waals surface area contributed by atoms with Crippen molar-refractivity contribution in [1.82, 2.24) is 5.32 Å². The van der Waals surface area contributed by atoms with E-state index in [1.54, 1.807) is 11.3 Å². The van der Waals surface area contributed by atoms with Crippen LogP contribution >= 0.6 is 11.3 Å². The van der Waals surface area contributed by atoms with Gasteiger partial charge in [-0.3, -0.25) is 4.79 Å². The lowest BCUT2D eigenvalue weighted by Crippen LogP contribution is -2.31. The number of hydrogen-bond acceptors (Lipinski definition) is 2. The minimum Gasteiger partial charge on any atom is -0.345 e. The fourth-order valence-electron chi connectivity index (χ4n) is 2.88. The molecule has 1 aliphatic carbocycles. The van der Waals surface area contributed by atoms with Crippen LogP contribution in [0.5, 0.6) is 0 Å². The van der Waals surface area contributed by atoms with E-state index in [9.17, 15) is 4.79 Å². The molecule has 2 aromatic rings. The molecular formula is C17H19NOS. The smallest absolute Gasteiger partial charge is 0.252 e. The summed E-state index contributed by atoms with van der Waals surface area (Å²) in [6.07, 6.45) is 3.30. The summed E-state index contributed by atoms with van der Waals surface area (Å²) >= 11 is 1.65. The quantitative estimate of drug-likeness (QED) is 0.881. The molecule has 1 atom stereocenters. The van der Waals surface area contributed by atoms with E-state index in [0.717, 1.165) is 30.4 Å². The minimum absolute atomic E-state index is 0.0635. The lowest BCUT2D eigenvalue weighted by Gasteiger charge is -2.26. The molecule has 1 heterocycles. The highest BCUT2D eigenvalue weighted by molar-refractivity contribution is 7.10. The Bertz CT molecular complexity index is 644. The summed E-state index contributed by atoms with van der Waals surface area (Å²) in [6, 6.07) is 8.62. The molecule has 0 unspecified atom stereocenters. The van der Waals surface area contributed by atoms with Crippen LogP contribution in [-0.2, 0) is 6.42 Å². The molecule has 0 fully saturated rings. The van der Waals surface area contributed by atoms with Crippen molar-refractivity contribution in [2.24, 2.45) is 0 Å². The van der Waals surface area contributed by atoms with E-state index >= 15 is 0 Å². The van der Waals surface area contributed by atoms with E-state index in [1.165, 1.54) is 16.0 Å². The molecule has 1 N–H and O–H groups in total. The van der Waals surface area contributed by atoms with Crippen LogP contribution in [0.4, 0.5) is 0 Å². The maximum atomic E-state index is 12.5. The Balaban J connectivity index is 1.82. The molecule has 0 saturated carbocycles. The first-order valence-corrected chi connectivity index (χ1v) is 7.98. The van der Waals surface area contributed by atoms with Crippen molar-refractivity contribution in [2.45, 2.75) is 39.2 Å². The number of hydrogen-bond donors (Lipinski definition) is 1. The van der Waals surface area contributed by atoms with Crippen molar-refractivity contribution in [3.63, 3.8) is 0 Å². The molecule has 0 aliphatic heterocycles. The van der Waals surface area contributed by atoms with E-state index in [-0.39, 0.29) is 11.9 Å². The van der Waals surface area contributed by atoms with Gasteiger partial charge in [-0.2, -0.15) is 0 Å². The van der Waals surface area contributed by atoms with E-state index in [0.29, 0.717) is 0 Å². The molecule has 1 aromatic carbocycles. The van der Waals surface area contributed by atoms with Gasteiger partial charge >= 0.3 is 0 Å². The number of carbonyl (C=O) groups excluding carboxylic acids is 1. The van der Waals surface area contributed by atoms with Gasteiger partial charge in [0, 0.05) is 10.3 Å². The lowest BCUT2D eigenvalue weighted by molar-refractivity contribution is 0.0932. The number of thiophene rings is 1. The van der Waals surface area contributed by atoms with Crippen molar-refractivity contribution in [3.05, 3.63) is 56.8 Å². The number of rotatable bonds is 2. The molecule has 1 aliphatic rings. The molecule has 104 valence electrons. The molecule has 0 radical (unpaired) electrons. The SMILES string of the molecule is Cc1scc(C(=O)N[C@@H]2CCCc3ccccc32)c1C. The summed E-state index contributed by atoms with van der Waals surface area (Å²) in [5, 5.41) is 5.18. The monoisotopic (exact) mass is 285 g/mol. The first kappa shape index (κ1) is 13.4. The van der Waals surface area contributed by atoms with Crippen LogP contribution in [0.3, 0.4) is 0 Å². The van der Waals surface area contributed by atoms with Gasteiger partial charge in [-0.15, -0.1) is 11.3 Å². The molecule has 1 amide bonds. The van der Waals surface area contributed by atoms with Gasteiger partial charge in [-0.1, -0.05) is 24.3 Å². The third-order valence-electron chi connectivity index (χ3n) is 4.21. The van der Waals surface area contributed by atoms with Crippen LogP contribution < -0.4 is 5.32 Å². The predicted molar refractivity (Wildman–Crippen MR) is 83.4 cm³/mol. The molecular weight excluding hydrogens is 266 g/mol. The van der Waals surface area contributed by atoms with Gasteiger partial charge in [0.05, 0.1) is 11.6 Å². The second-order valence-electron chi connectivity index (χ2n) is 5.45. The van der Waals surface area contributed by atoms with Crippen molar-refractivity contribution < 1.29 is 4.79 Å². The van der Waals surface area contributed by atoms with Crippen molar-refractivity contribution in [1.29, 1.82) is 0 Å². The van der Waals surface area contributed by atoms with Gasteiger partial charge in [0.1, 0.15) is 0 Å². The fraction of sp³-hybridized carbons (Fsp3) is 0.353. The largest absolute Gasteiger partial charge is 0.345 e. The van der Waals surface area contributed by atoms with Gasteiger partial charge in [-0.25, -0.2) is 0 Å². The van der Waals surface area contributed by atoms with Gasteiger partial charge in [-0.05, 0) is 49.8 Å². The Hall–Kier alpha value is -1.61. The highest BCUT2D eigenvalue weighted by atomic mass is 32.1. The molecule has 3 rings (SSSR count). The third kappa shape index (κ3) is 2.38. The Morgan fingerprint density at radius 1 is 1.30 bits per heavy atom. The van der Waals surface area contributed by atoms with Gasteiger partial charge in [0.25, 0.3) is 5.91 Å². The predicted octanol–water partition coefficient (Wildman–Crippen LogP) is 4.17. The third-order valence-corrected chi connectivity index (χ3v) is 5.22. The van der Waals surface area contributed by atoms with Crippen LogP contribution in [0.1, 0.15) is 50.8 Å². The molecule has 0 bridgehead atoms. The fourth-order valence-corrected chi connectivity index (χ4v) is 3.74. The number of aryl methyl sites for hydroxylation is 2. The molecule has 3 heteroatoms. The highest BCUT2D eigenvalue weighted by Gasteiger charge is 2.23. The van der Waals surface area contributed by atoms with Crippen LogP contribution in [0.15, 0.2) is 29.6 Å². The van der Waals surface area contributed by atoms with E-state index in [2.05, 4.69) is 36.5 Å².